The van der Waals surface area contributed by atoms with Gasteiger partial charge in [-0.25, -0.2) is 4.39 Å². The molecule has 0 heterocycles. The zero-order valence-corrected chi connectivity index (χ0v) is 20.6. The molecule has 5 heteroatoms. The van der Waals surface area contributed by atoms with Crippen LogP contribution >= 0.6 is 0 Å². The van der Waals surface area contributed by atoms with Crippen LogP contribution < -0.4 is 10.6 Å². The first kappa shape index (κ1) is 25.4. The van der Waals surface area contributed by atoms with Crippen LogP contribution in [0.15, 0.2) is 60.7 Å². The summed E-state index contributed by atoms with van der Waals surface area (Å²) in [5.74, 6) is -0.749. The summed E-state index contributed by atoms with van der Waals surface area (Å²) in [6.07, 6.45) is 9.99. The Morgan fingerprint density at radius 3 is 2.53 bits per heavy atom. The summed E-state index contributed by atoms with van der Waals surface area (Å²) < 4.78 is 15.0. The molecule has 0 aromatic heterocycles. The molecule has 0 spiro atoms. The first-order valence-electron chi connectivity index (χ1n) is 12.0. The summed E-state index contributed by atoms with van der Waals surface area (Å²) in [5, 5.41) is 5.77. The van der Waals surface area contributed by atoms with E-state index in [2.05, 4.69) is 36.6 Å². The van der Waals surface area contributed by atoms with Gasteiger partial charge in [-0.2, -0.15) is 0 Å². The Morgan fingerprint density at radius 2 is 1.85 bits per heavy atom. The number of carbonyl (C=O) groups is 2. The highest BCUT2D eigenvalue weighted by Gasteiger charge is 2.26. The number of allylic oxidation sites excluding steroid dienone is 3. The Morgan fingerprint density at radius 1 is 1.12 bits per heavy atom. The number of benzene rings is 2. The number of hydrogen-bond acceptors (Lipinski definition) is 2. The predicted octanol–water partition coefficient (Wildman–Crippen LogP) is 5.62. The third kappa shape index (κ3) is 6.43. The molecule has 4 nitrogen and oxygen atoms in total. The van der Waals surface area contributed by atoms with Gasteiger partial charge in [-0.05, 0) is 73.8 Å². The molecule has 2 N–H and O–H groups in total. The van der Waals surface area contributed by atoms with Gasteiger partial charge in [0.05, 0.1) is 0 Å². The Kier molecular flexibility index (Phi) is 8.43. The van der Waals surface area contributed by atoms with Crippen molar-refractivity contribution in [3.63, 3.8) is 0 Å². The maximum atomic E-state index is 15.0. The van der Waals surface area contributed by atoms with Gasteiger partial charge in [0.1, 0.15) is 5.82 Å². The molecule has 1 aliphatic carbocycles. The highest BCUT2D eigenvalue weighted by Crippen LogP contribution is 2.30. The molecule has 2 aromatic rings. The lowest BCUT2D eigenvalue weighted by molar-refractivity contribution is -0.116. The van der Waals surface area contributed by atoms with Crippen LogP contribution in [0.25, 0.3) is 5.57 Å². The van der Waals surface area contributed by atoms with Gasteiger partial charge < -0.3 is 10.6 Å². The zero-order valence-electron chi connectivity index (χ0n) is 20.6. The van der Waals surface area contributed by atoms with Crippen LogP contribution in [0.2, 0.25) is 0 Å². The Labute approximate surface area is 202 Å². The summed E-state index contributed by atoms with van der Waals surface area (Å²) in [7, 11) is 1.60. The van der Waals surface area contributed by atoms with E-state index in [1.165, 1.54) is 6.07 Å². The summed E-state index contributed by atoms with van der Waals surface area (Å²) in [5.41, 5.74) is 3.20. The molecule has 1 atom stereocenters. The molecule has 2 aromatic carbocycles. The Bertz CT molecular complexity index is 1080. The summed E-state index contributed by atoms with van der Waals surface area (Å²) in [6, 6.07) is 12.4. The van der Waals surface area contributed by atoms with Gasteiger partial charge >= 0.3 is 0 Å². The van der Waals surface area contributed by atoms with E-state index in [0.717, 1.165) is 30.4 Å². The topological polar surface area (TPSA) is 58.2 Å². The SMILES string of the molecule is C/C=C(/C(=O)NC1CCC=CC(C)(C)C1)c1c(F)cccc1CCc1ccc(C(=O)NC)cc1. The molecule has 0 saturated heterocycles. The van der Waals surface area contributed by atoms with Crippen LogP contribution in [0.1, 0.15) is 67.1 Å². The molecule has 0 aliphatic heterocycles. The van der Waals surface area contributed by atoms with Gasteiger partial charge in [-0.3, -0.25) is 9.59 Å². The highest BCUT2D eigenvalue weighted by atomic mass is 19.1. The average Bonchev–Trinajstić information content (AvgIpc) is 2.98. The molecule has 3 rings (SSSR count). The molecule has 0 bridgehead atoms. The molecule has 0 saturated carbocycles. The number of nitrogens with one attached hydrogen (secondary N) is 2. The van der Waals surface area contributed by atoms with Crippen molar-refractivity contribution in [3.8, 4) is 0 Å². The number of aryl methyl sites for hydroxylation is 2. The largest absolute Gasteiger partial charge is 0.355 e. The first-order chi connectivity index (χ1) is 16.2. The molecule has 1 aliphatic rings. The number of rotatable bonds is 7. The number of halogens is 1. The van der Waals surface area contributed by atoms with Crippen molar-refractivity contribution in [2.75, 3.05) is 7.05 Å². The molecule has 180 valence electrons. The highest BCUT2D eigenvalue weighted by molar-refractivity contribution is 6.20. The van der Waals surface area contributed by atoms with Crippen molar-refractivity contribution >= 4 is 17.4 Å². The van der Waals surface area contributed by atoms with Crippen molar-refractivity contribution in [1.29, 1.82) is 0 Å². The number of carbonyl (C=O) groups excluding carboxylic acids is 2. The minimum atomic E-state index is -0.390. The van der Waals surface area contributed by atoms with Crippen molar-refractivity contribution < 1.29 is 14.0 Å². The zero-order chi connectivity index (χ0) is 24.7. The Balaban J connectivity index is 1.76. The summed E-state index contributed by atoms with van der Waals surface area (Å²) in [4.78, 5) is 25.0. The normalized spacial score (nSPS) is 17.7. The van der Waals surface area contributed by atoms with Crippen LogP contribution in [0, 0.1) is 11.2 Å². The van der Waals surface area contributed by atoms with Gasteiger partial charge in [-0.1, -0.05) is 56.3 Å². The second kappa shape index (κ2) is 11.3. The lowest BCUT2D eigenvalue weighted by Gasteiger charge is -2.26. The number of amides is 2. The minimum Gasteiger partial charge on any atom is -0.355 e. The monoisotopic (exact) mass is 462 g/mol. The van der Waals surface area contributed by atoms with E-state index in [9.17, 15) is 9.59 Å². The van der Waals surface area contributed by atoms with Gasteiger partial charge in [0.2, 0.25) is 0 Å². The van der Waals surface area contributed by atoms with Crippen molar-refractivity contribution in [2.24, 2.45) is 5.41 Å². The van der Waals surface area contributed by atoms with E-state index in [-0.39, 0.29) is 23.3 Å². The first-order valence-corrected chi connectivity index (χ1v) is 12.0. The van der Waals surface area contributed by atoms with Gasteiger partial charge in [0.15, 0.2) is 0 Å². The minimum absolute atomic E-state index is 0.0149. The van der Waals surface area contributed by atoms with Crippen molar-refractivity contribution in [3.05, 3.63) is 88.8 Å². The van der Waals surface area contributed by atoms with Crippen LogP contribution in [-0.2, 0) is 17.6 Å². The van der Waals surface area contributed by atoms with Gasteiger partial charge in [0.25, 0.3) is 11.8 Å². The molecule has 1 unspecified atom stereocenters. The molecule has 34 heavy (non-hydrogen) atoms. The molecule has 0 fully saturated rings. The van der Waals surface area contributed by atoms with E-state index in [4.69, 9.17) is 0 Å². The fraction of sp³-hybridized carbons (Fsp3) is 0.379. The lowest BCUT2D eigenvalue weighted by Crippen LogP contribution is -2.37. The van der Waals surface area contributed by atoms with E-state index in [1.807, 2.05) is 18.2 Å². The van der Waals surface area contributed by atoms with Crippen molar-refractivity contribution in [2.45, 2.75) is 58.9 Å². The Hall–Kier alpha value is -3.21. The molecular formula is C29H35FN2O2. The molecular weight excluding hydrogens is 427 g/mol. The summed E-state index contributed by atoms with van der Waals surface area (Å²) in [6.45, 7) is 6.11. The third-order valence-corrected chi connectivity index (χ3v) is 6.39. The fourth-order valence-electron chi connectivity index (χ4n) is 4.61. The smallest absolute Gasteiger partial charge is 0.251 e. The standard InChI is InChI=1S/C29H35FN2O2/c1-5-24(28(34)32-23-10-6-7-18-29(2,3)19-23)26-21(9-8-11-25(26)30)15-12-20-13-16-22(17-14-20)27(33)31-4/h5,7-9,11,13-14,16-18,23H,6,10,12,15,19H2,1-4H3,(H,31,33)(H,32,34)/b24-5+. The maximum Gasteiger partial charge on any atom is 0.251 e. The average molecular weight is 463 g/mol. The van der Waals surface area contributed by atoms with E-state index >= 15 is 4.39 Å². The summed E-state index contributed by atoms with van der Waals surface area (Å²) >= 11 is 0. The van der Waals surface area contributed by atoms with E-state index < -0.39 is 5.82 Å². The fourth-order valence-corrected chi connectivity index (χ4v) is 4.61. The quantitative estimate of drug-likeness (QED) is 0.414. The van der Waals surface area contributed by atoms with Crippen LogP contribution in [0.3, 0.4) is 0 Å². The van der Waals surface area contributed by atoms with Crippen molar-refractivity contribution in [1.82, 2.24) is 10.6 Å². The lowest BCUT2D eigenvalue weighted by atomic mass is 9.86. The van der Waals surface area contributed by atoms with E-state index in [1.54, 1.807) is 38.2 Å². The van der Waals surface area contributed by atoms with Crippen LogP contribution in [0.4, 0.5) is 4.39 Å². The number of hydrogen-bond donors (Lipinski definition) is 2. The maximum absolute atomic E-state index is 15.0. The van der Waals surface area contributed by atoms with Gasteiger partial charge in [0, 0.05) is 29.8 Å². The van der Waals surface area contributed by atoms with Crippen LogP contribution in [0.5, 0.6) is 0 Å². The van der Waals surface area contributed by atoms with Gasteiger partial charge in [-0.15, -0.1) is 0 Å². The second-order valence-electron chi connectivity index (χ2n) is 9.60. The second-order valence-corrected chi connectivity index (χ2v) is 9.60. The predicted molar refractivity (Wildman–Crippen MR) is 136 cm³/mol. The molecule has 2 amide bonds. The third-order valence-electron chi connectivity index (χ3n) is 6.39. The van der Waals surface area contributed by atoms with Crippen LogP contribution in [-0.4, -0.2) is 24.9 Å². The van der Waals surface area contributed by atoms with E-state index in [0.29, 0.717) is 29.5 Å². The molecule has 0 radical (unpaired) electrons.